The molecule has 0 amide bonds. The number of ether oxygens (including phenoxy) is 1. The summed E-state index contributed by atoms with van der Waals surface area (Å²) in [7, 11) is 1.56. The number of aliphatic hydroxyl groups excluding tert-OH is 2. The zero-order valence-corrected chi connectivity index (χ0v) is 12.0. The van der Waals surface area contributed by atoms with E-state index >= 15 is 0 Å². The number of hydrogen-bond acceptors (Lipinski definition) is 7. The number of hydrazine groups is 1. The van der Waals surface area contributed by atoms with Crippen molar-refractivity contribution in [1.29, 1.82) is 0 Å². The van der Waals surface area contributed by atoms with Crippen molar-refractivity contribution in [2.24, 2.45) is 0 Å². The minimum Gasteiger partial charge on any atom is -0.395 e. The highest BCUT2D eigenvalue weighted by Crippen LogP contribution is 2.22. The SMILES string of the molecule is COCCN(c1cccc([N+](=O)[O-])c1)N(CCO)CCO. The van der Waals surface area contributed by atoms with E-state index in [2.05, 4.69) is 0 Å². The van der Waals surface area contributed by atoms with Crippen LogP contribution in [-0.2, 0) is 4.74 Å². The molecule has 0 fully saturated rings. The van der Waals surface area contributed by atoms with Crippen molar-refractivity contribution in [3.63, 3.8) is 0 Å². The van der Waals surface area contributed by atoms with E-state index in [-0.39, 0.29) is 18.9 Å². The average molecular weight is 299 g/mol. The molecule has 1 aromatic carbocycles. The molecule has 21 heavy (non-hydrogen) atoms. The Bertz CT molecular complexity index is 438. The van der Waals surface area contributed by atoms with E-state index < -0.39 is 4.92 Å². The summed E-state index contributed by atoms with van der Waals surface area (Å²) in [6.07, 6.45) is 0. The largest absolute Gasteiger partial charge is 0.395 e. The normalized spacial score (nSPS) is 10.9. The van der Waals surface area contributed by atoms with E-state index in [4.69, 9.17) is 14.9 Å². The van der Waals surface area contributed by atoms with Gasteiger partial charge in [-0.3, -0.25) is 10.1 Å². The maximum Gasteiger partial charge on any atom is 0.271 e. The molecule has 2 N–H and O–H groups in total. The van der Waals surface area contributed by atoms with Crippen molar-refractivity contribution in [1.82, 2.24) is 5.01 Å². The second kappa shape index (κ2) is 9.24. The Labute approximate surface area is 123 Å². The number of methoxy groups -OCH3 is 1. The quantitative estimate of drug-likeness (QED) is 0.472. The first kappa shape index (κ1) is 17.3. The number of nitrogens with zero attached hydrogens (tertiary/aromatic N) is 3. The number of aliphatic hydroxyl groups is 2. The summed E-state index contributed by atoms with van der Waals surface area (Å²) in [5.41, 5.74) is 0.603. The summed E-state index contributed by atoms with van der Waals surface area (Å²) in [5.74, 6) is 0. The van der Waals surface area contributed by atoms with E-state index in [0.29, 0.717) is 31.9 Å². The third kappa shape index (κ3) is 5.27. The van der Waals surface area contributed by atoms with E-state index in [0.717, 1.165) is 0 Å². The maximum atomic E-state index is 10.9. The molecule has 0 saturated heterocycles. The summed E-state index contributed by atoms with van der Waals surface area (Å²) in [4.78, 5) is 10.4. The third-order valence-corrected chi connectivity index (χ3v) is 2.90. The lowest BCUT2D eigenvalue weighted by Gasteiger charge is -2.35. The topological polar surface area (TPSA) is 99.3 Å². The van der Waals surface area contributed by atoms with Crippen molar-refractivity contribution >= 4 is 11.4 Å². The van der Waals surface area contributed by atoms with Crippen LogP contribution in [0.5, 0.6) is 0 Å². The summed E-state index contributed by atoms with van der Waals surface area (Å²) >= 11 is 0. The molecule has 0 atom stereocenters. The molecular weight excluding hydrogens is 278 g/mol. The van der Waals surface area contributed by atoms with Crippen LogP contribution in [0.2, 0.25) is 0 Å². The number of non-ortho nitro benzene ring substituents is 1. The predicted octanol–water partition coefficient (Wildman–Crippen LogP) is 0.249. The van der Waals surface area contributed by atoms with Gasteiger partial charge in [0.1, 0.15) is 0 Å². The van der Waals surface area contributed by atoms with Gasteiger partial charge >= 0.3 is 0 Å². The summed E-state index contributed by atoms with van der Waals surface area (Å²) in [6.45, 7) is 1.32. The standard InChI is InChI=1S/C13H21N3O5/c1-21-10-7-15(14(5-8-17)6-9-18)12-3-2-4-13(11-12)16(19)20/h2-4,11,17-18H,5-10H2,1H3. The Morgan fingerprint density at radius 1 is 1.24 bits per heavy atom. The average Bonchev–Trinajstić information content (AvgIpc) is 2.48. The number of nitro benzene ring substituents is 1. The van der Waals surface area contributed by atoms with Crippen molar-refractivity contribution in [2.75, 3.05) is 51.6 Å². The molecule has 0 aliphatic carbocycles. The number of rotatable bonds is 10. The lowest BCUT2D eigenvalue weighted by Crippen LogP contribution is -2.47. The summed E-state index contributed by atoms with van der Waals surface area (Å²) < 4.78 is 5.05. The highest BCUT2D eigenvalue weighted by atomic mass is 16.6. The molecule has 0 aromatic heterocycles. The van der Waals surface area contributed by atoms with Crippen molar-refractivity contribution in [3.05, 3.63) is 34.4 Å². The van der Waals surface area contributed by atoms with Gasteiger partial charge in [-0.1, -0.05) is 6.07 Å². The van der Waals surface area contributed by atoms with Crippen LogP contribution < -0.4 is 5.01 Å². The Morgan fingerprint density at radius 2 is 1.90 bits per heavy atom. The molecule has 1 aromatic rings. The lowest BCUT2D eigenvalue weighted by molar-refractivity contribution is -0.384. The number of benzene rings is 1. The van der Waals surface area contributed by atoms with Crippen molar-refractivity contribution in [3.8, 4) is 0 Å². The van der Waals surface area contributed by atoms with Gasteiger partial charge in [0.2, 0.25) is 0 Å². The zero-order chi connectivity index (χ0) is 15.7. The number of hydrogen-bond donors (Lipinski definition) is 2. The Hall–Kier alpha value is -1.74. The molecule has 0 radical (unpaired) electrons. The molecule has 0 bridgehead atoms. The molecule has 0 spiro atoms. The summed E-state index contributed by atoms with van der Waals surface area (Å²) in [5, 5.41) is 32.7. The van der Waals surface area contributed by atoms with Gasteiger partial charge < -0.3 is 20.0 Å². The van der Waals surface area contributed by atoms with Crippen molar-refractivity contribution < 1.29 is 19.9 Å². The van der Waals surface area contributed by atoms with Gasteiger partial charge in [-0.25, -0.2) is 5.01 Å². The minimum atomic E-state index is -0.458. The molecule has 8 heteroatoms. The highest BCUT2D eigenvalue weighted by Gasteiger charge is 2.17. The van der Waals surface area contributed by atoms with E-state index in [1.54, 1.807) is 29.3 Å². The van der Waals surface area contributed by atoms with Gasteiger partial charge in [0.15, 0.2) is 0 Å². The zero-order valence-electron chi connectivity index (χ0n) is 12.0. The molecule has 0 aliphatic heterocycles. The van der Waals surface area contributed by atoms with Crippen LogP contribution in [0.4, 0.5) is 11.4 Å². The second-order valence-corrected chi connectivity index (χ2v) is 4.29. The molecule has 0 saturated carbocycles. The van der Waals surface area contributed by atoms with Gasteiger partial charge in [0.05, 0.1) is 37.0 Å². The fourth-order valence-corrected chi connectivity index (χ4v) is 1.96. The molecule has 0 unspecified atom stereocenters. The third-order valence-electron chi connectivity index (χ3n) is 2.90. The van der Waals surface area contributed by atoms with Gasteiger partial charge in [0.25, 0.3) is 5.69 Å². The van der Waals surface area contributed by atoms with Crippen LogP contribution in [0.25, 0.3) is 0 Å². The van der Waals surface area contributed by atoms with Crippen LogP contribution in [-0.4, -0.2) is 66.7 Å². The highest BCUT2D eigenvalue weighted by molar-refractivity contribution is 5.52. The molecule has 0 heterocycles. The van der Waals surface area contributed by atoms with Gasteiger partial charge in [0, 0.05) is 32.3 Å². The van der Waals surface area contributed by atoms with Crippen LogP contribution in [0.3, 0.4) is 0 Å². The fourth-order valence-electron chi connectivity index (χ4n) is 1.96. The van der Waals surface area contributed by atoms with Crippen LogP contribution in [0, 0.1) is 10.1 Å². The molecule has 0 aliphatic rings. The van der Waals surface area contributed by atoms with Gasteiger partial charge in [-0.05, 0) is 6.07 Å². The second-order valence-electron chi connectivity index (χ2n) is 4.29. The minimum absolute atomic E-state index is 0.0112. The van der Waals surface area contributed by atoms with E-state index in [1.807, 2.05) is 0 Å². The molecule has 8 nitrogen and oxygen atoms in total. The first-order valence-corrected chi connectivity index (χ1v) is 6.61. The van der Waals surface area contributed by atoms with Gasteiger partial charge in [-0.15, -0.1) is 0 Å². The van der Waals surface area contributed by atoms with Crippen LogP contribution in [0.1, 0.15) is 0 Å². The molecular formula is C13H21N3O5. The first-order chi connectivity index (χ1) is 10.1. The fraction of sp³-hybridized carbons (Fsp3) is 0.538. The molecule has 1 rings (SSSR count). The monoisotopic (exact) mass is 299 g/mol. The first-order valence-electron chi connectivity index (χ1n) is 6.61. The maximum absolute atomic E-state index is 10.9. The van der Waals surface area contributed by atoms with E-state index in [9.17, 15) is 10.1 Å². The summed E-state index contributed by atoms with van der Waals surface area (Å²) in [6, 6.07) is 6.21. The van der Waals surface area contributed by atoms with Gasteiger partial charge in [-0.2, -0.15) is 0 Å². The Morgan fingerprint density at radius 3 is 2.43 bits per heavy atom. The van der Waals surface area contributed by atoms with E-state index in [1.165, 1.54) is 12.1 Å². The predicted molar refractivity (Wildman–Crippen MR) is 78.1 cm³/mol. The molecule has 118 valence electrons. The van der Waals surface area contributed by atoms with Crippen LogP contribution >= 0.6 is 0 Å². The number of anilines is 1. The number of nitro groups is 1. The lowest BCUT2D eigenvalue weighted by atomic mass is 10.2. The van der Waals surface area contributed by atoms with Crippen molar-refractivity contribution in [2.45, 2.75) is 0 Å². The Balaban J connectivity index is 3.03. The Kier molecular flexibility index (Phi) is 7.62. The smallest absolute Gasteiger partial charge is 0.271 e. The van der Waals surface area contributed by atoms with Crippen LogP contribution in [0.15, 0.2) is 24.3 Å².